The number of β-amino-alcohol motifs (C(OH)–C–C–N with tert-alkyl or cyclic N) is 1. The first kappa shape index (κ1) is 12.7. The molecule has 0 radical (unpaired) electrons. The molecule has 2 rings (SSSR count). The second-order valence-electron chi connectivity index (χ2n) is 3.86. The van der Waals surface area contributed by atoms with Gasteiger partial charge in [0.25, 0.3) is 5.91 Å². The van der Waals surface area contributed by atoms with Gasteiger partial charge in [0.1, 0.15) is 0 Å². The fourth-order valence-electron chi connectivity index (χ4n) is 1.92. The van der Waals surface area contributed by atoms with Crippen molar-refractivity contribution in [1.82, 2.24) is 0 Å². The number of methoxy groups -OCH3 is 1. The van der Waals surface area contributed by atoms with E-state index in [0.29, 0.717) is 22.7 Å². The van der Waals surface area contributed by atoms with Crippen LogP contribution < -0.4 is 14.4 Å². The third kappa shape index (κ3) is 2.12. The first-order valence-corrected chi connectivity index (χ1v) is 5.57. The van der Waals surface area contributed by atoms with Crippen LogP contribution in [0.5, 0.6) is 11.5 Å². The monoisotopic (exact) mass is 253 g/mol. The number of carbonyl (C=O) groups excluding carboxylic acids is 1. The highest BCUT2D eigenvalue weighted by molar-refractivity contribution is 5.98. The summed E-state index contributed by atoms with van der Waals surface area (Å²) in [6.45, 7) is -0.198. The summed E-state index contributed by atoms with van der Waals surface area (Å²) in [7, 11) is 1.49. The average molecular weight is 253 g/mol. The molecule has 0 saturated carbocycles. The van der Waals surface area contributed by atoms with Crippen LogP contribution in [-0.4, -0.2) is 43.0 Å². The van der Waals surface area contributed by atoms with Crippen molar-refractivity contribution >= 4 is 11.6 Å². The first-order chi connectivity index (χ1) is 8.71. The van der Waals surface area contributed by atoms with E-state index in [0.717, 1.165) is 0 Å². The summed E-state index contributed by atoms with van der Waals surface area (Å²) in [4.78, 5) is 13.2. The Morgan fingerprint density at radius 1 is 1.44 bits per heavy atom. The molecule has 98 valence electrons. The Bertz CT molecular complexity index is 460. The normalized spacial score (nSPS) is 14.2. The van der Waals surface area contributed by atoms with Gasteiger partial charge < -0.3 is 24.6 Å². The molecule has 0 spiro atoms. The summed E-state index contributed by atoms with van der Waals surface area (Å²) >= 11 is 0. The van der Waals surface area contributed by atoms with Crippen molar-refractivity contribution < 1.29 is 24.5 Å². The predicted octanol–water partition coefficient (Wildman–Crippen LogP) is -0.0948. The van der Waals surface area contributed by atoms with E-state index in [4.69, 9.17) is 14.6 Å². The van der Waals surface area contributed by atoms with Crippen LogP contribution in [0.15, 0.2) is 12.1 Å². The molecule has 0 saturated heterocycles. The van der Waals surface area contributed by atoms with E-state index < -0.39 is 0 Å². The van der Waals surface area contributed by atoms with Gasteiger partial charge >= 0.3 is 0 Å². The highest BCUT2D eigenvalue weighted by atomic mass is 16.5. The molecular formula is C12H15NO5. The quantitative estimate of drug-likeness (QED) is 0.783. The van der Waals surface area contributed by atoms with Crippen LogP contribution >= 0.6 is 0 Å². The maximum atomic E-state index is 11.7. The van der Waals surface area contributed by atoms with Gasteiger partial charge in [-0.15, -0.1) is 0 Å². The summed E-state index contributed by atoms with van der Waals surface area (Å²) in [5, 5.41) is 18.2. The van der Waals surface area contributed by atoms with Crippen LogP contribution in [0.3, 0.4) is 0 Å². The first-order valence-electron chi connectivity index (χ1n) is 5.57. The molecule has 0 unspecified atom stereocenters. The molecule has 2 N–H and O–H groups in total. The van der Waals surface area contributed by atoms with Gasteiger partial charge in [0.15, 0.2) is 18.1 Å². The summed E-state index contributed by atoms with van der Waals surface area (Å²) in [6, 6.07) is 3.32. The number of hydrogen-bond acceptors (Lipinski definition) is 5. The number of carbonyl (C=O) groups is 1. The van der Waals surface area contributed by atoms with Crippen molar-refractivity contribution in [2.45, 2.75) is 6.61 Å². The molecule has 0 aliphatic carbocycles. The van der Waals surface area contributed by atoms with Gasteiger partial charge in [0.2, 0.25) is 0 Å². The Morgan fingerprint density at radius 3 is 2.83 bits per heavy atom. The van der Waals surface area contributed by atoms with Crippen LogP contribution in [0.4, 0.5) is 5.69 Å². The molecule has 6 heteroatoms. The minimum Gasteiger partial charge on any atom is -0.493 e. The van der Waals surface area contributed by atoms with Crippen LogP contribution in [0, 0.1) is 0 Å². The number of fused-ring (bicyclic) bond motifs is 1. The molecule has 6 nitrogen and oxygen atoms in total. The molecule has 0 atom stereocenters. The Morgan fingerprint density at radius 2 is 2.22 bits per heavy atom. The molecule has 1 aliphatic heterocycles. The fourth-order valence-corrected chi connectivity index (χ4v) is 1.92. The molecule has 1 heterocycles. The molecule has 1 amide bonds. The molecule has 0 fully saturated rings. The molecule has 1 aliphatic rings. The van der Waals surface area contributed by atoms with Gasteiger partial charge in [0, 0.05) is 6.54 Å². The maximum absolute atomic E-state index is 11.7. The zero-order chi connectivity index (χ0) is 13.1. The number of ether oxygens (including phenoxy) is 2. The van der Waals surface area contributed by atoms with Crippen LogP contribution in [0.2, 0.25) is 0 Å². The van der Waals surface area contributed by atoms with E-state index in [1.807, 2.05) is 0 Å². The second-order valence-corrected chi connectivity index (χ2v) is 3.86. The molecule has 1 aromatic rings. The Kier molecular flexibility index (Phi) is 3.69. The van der Waals surface area contributed by atoms with E-state index in [1.165, 1.54) is 12.0 Å². The van der Waals surface area contributed by atoms with Gasteiger partial charge in [-0.2, -0.15) is 0 Å². The molecule has 0 bridgehead atoms. The Labute approximate surface area is 104 Å². The van der Waals surface area contributed by atoms with Crippen LogP contribution in [0.1, 0.15) is 5.56 Å². The third-order valence-corrected chi connectivity index (χ3v) is 2.75. The number of nitrogens with zero attached hydrogens (tertiary/aromatic N) is 1. The number of hydrogen-bond donors (Lipinski definition) is 2. The summed E-state index contributed by atoms with van der Waals surface area (Å²) in [5.74, 6) is 0.698. The zero-order valence-electron chi connectivity index (χ0n) is 10.0. The number of anilines is 1. The highest BCUT2D eigenvalue weighted by Crippen LogP contribution is 2.41. The fraction of sp³-hybridized carbons (Fsp3) is 0.417. The molecule has 1 aromatic carbocycles. The van der Waals surface area contributed by atoms with Gasteiger partial charge in [-0.05, 0) is 17.7 Å². The lowest BCUT2D eigenvalue weighted by atomic mass is 10.1. The smallest absolute Gasteiger partial charge is 0.265 e. The zero-order valence-corrected chi connectivity index (χ0v) is 10.0. The predicted molar refractivity (Wildman–Crippen MR) is 63.9 cm³/mol. The lowest BCUT2D eigenvalue weighted by molar-refractivity contribution is -0.121. The minimum absolute atomic E-state index is 0.0815. The van der Waals surface area contributed by atoms with Crippen molar-refractivity contribution in [3.05, 3.63) is 17.7 Å². The number of benzene rings is 1. The number of amides is 1. The van der Waals surface area contributed by atoms with Crippen LogP contribution in [0.25, 0.3) is 0 Å². The highest BCUT2D eigenvalue weighted by Gasteiger charge is 2.28. The molecule has 0 aromatic heterocycles. The number of aliphatic hydroxyl groups is 2. The minimum atomic E-state index is -0.228. The van der Waals surface area contributed by atoms with Crippen molar-refractivity contribution in [2.24, 2.45) is 0 Å². The summed E-state index contributed by atoms with van der Waals surface area (Å²) < 4.78 is 10.5. The van der Waals surface area contributed by atoms with Gasteiger partial charge in [-0.3, -0.25) is 4.79 Å². The van der Waals surface area contributed by atoms with Crippen LogP contribution in [-0.2, 0) is 11.4 Å². The summed E-state index contributed by atoms with van der Waals surface area (Å²) in [5.41, 5.74) is 1.13. The lowest BCUT2D eigenvalue weighted by Crippen LogP contribution is -2.40. The van der Waals surface area contributed by atoms with Crippen molar-refractivity contribution in [3.8, 4) is 11.5 Å². The van der Waals surface area contributed by atoms with E-state index >= 15 is 0 Å². The van der Waals surface area contributed by atoms with E-state index in [2.05, 4.69) is 0 Å². The van der Waals surface area contributed by atoms with E-state index in [1.54, 1.807) is 12.1 Å². The second kappa shape index (κ2) is 5.24. The Hall–Kier alpha value is -1.79. The SMILES string of the molecule is COc1cc(CO)cc2c1OCC(=O)N2CCO. The summed E-state index contributed by atoms with van der Waals surface area (Å²) in [6.07, 6.45) is 0. The van der Waals surface area contributed by atoms with Crippen molar-refractivity contribution in [1.29, 1.82) is 0 Å². The van der Waals surface area contributed by atoms with Gasteiger partial charge in [0.05, 0.1) is 26.0 Å². The molecule has 18 heavy (non-hydrogen) atoms. The Balaban J connectivity index is 2.51. The number of aliphatic hydroxyl groups excluding tert-OH is 2. The largest absolute Gasteiger partial charge is 0.493 e. The number of rotatable bonds is 4. The van der Waals surface area contributed by atoms with E-state index in [-0.39, 0.29) is 32.3 Å². The lowest BCUT2D eigenvalue weighted by Gasteiger charge is -2.30. The third-order valence-electron chi connectivity index (χ3n) is 2.75. The maximum Gasteiger partial charge on any atom is 0.265 e. The average Bonchev–Trinajstić information content (AvgIpc) is 2.40. The van der Waals surface area contributed by atoms with Gasteiger partial charge in [-0.1, -0.05) is 0 Å². The van der Waals surface area contributed by atoms with E-state index in [9.17, 15) is 9.90 Å². The topological polar surface area (TPSA) is 79.2 Å². The molecular weight excluding hydrogens is 238 g/mol. The van der Waals surface area contributed by atoms with Crippen molar-refractivity contribution in [2.75, 3.05) is 31.8 Å². The van der Waals surface area contributed by atoms with Crippen molar-refractivity contribution in [3.63, 3.8) is 0 Å². The standard InChI is InChI=1S/C12H15NO5/c1-17-10-5-8(6-15)4-9-12(10)18-7-11(16)13(9)2-3-14/h4-5,14-15H,2-3,6-7H2,1H3. The van der Waals surface area contributed by atoms with Gasteiger partial charge in [-0.25, -0.2) is 0 Å².